The van der Waals surface area contributed by atoms with Crippen molar-refractivity contribution in [1.29, 1.82) is 0 Å². The Labute approximate surface area is 197 Å². The summed E-state index contributed by atoms with van der Waals surface area (Å²) in [4.78, 5) is 16.5. The number of benzene rings is 2. The number of hydrogen-bond donors (Lipinski definition) is 1. The van der Waals surface area contributed by atoms with Crippen molar-refractivity contribution < 1.29 is 23.7 Å². The van der Waals surface area contributed by atoms with E-state index in [1.54, 1.807) is 25.6 Å². The van der Waals surface area contributed by atoms with Gasteiger partial charge in [-0.25, -0.2) is 0 Å². The lowest BCUT2D eigenvalue weighted by atomic mass is 10.1. The monoisotopic (exact) mass is 468 g/mol. The van der Waals surface area contributed by atoms with Crippen molar-refractivity contribution in [3.05, 3.63) is 76.6 Å². The fraction of sp³-hybridized carbons (Fsp3) is 0.280. The maximum Gasteiger partial charge on any atom is 0.224 e. The van der Waals surface area contributed by atoms with E-state index in [4.69, 9.17) is 30.5 Å². The molecule has 1 aliphatic heterocycles. The smallest absolute Gasteiger partial charge is 0.224 e. The van der Waals surface area contributed by atoms with Crippen LogP contribution in [0.2, 0.25) is 5.02 Å². The number of pyridine rings is 1. The zero-order chi connectivity index (χ0) is 23.0. The van der Waals surface area contributed by atoms with Crippen molar-refractivity contribution in [2.75, 3.05) is 20.3 Å². The van der Waals surface area contributed by atoms with Gasteiger partial charge in [-0.2, -0.15) is 0 Å². The van der Waals surface area contributed by atoms with Crippen molar-refractivity contribution in [2.24, 2.45) is 0 Å². The number of ether oxygens (including phenoxy) is 4. The molecule has 0 aliphatic carbocycles. The van der Waals surface area contributed by atoms with Gasteiger partial charge in [0.2, 0.25) is 5.91 Å². The Morgan fingerprint density at radius 1 is 1.03 bits per heavy atom. The van der Waals surface area contributed by atoms with Crippen molar-refractivity contribution >= 4 is 17.5 Å². The first-order chi connectivity index (χ1) is 16.1. The average Bonchev–Trinajstić information content (AvgIpc) is 3.08. The second-order valence-corrected chi connectivity index (χ2v) is 7.95. The van der Waals surface area contributed by atoms with Gasteiger partial charge in [0.25, 0.3) is 0 Å². The maximum absolute atomic E-state index is 12.5. The third-order valence-electron chi connectivity index (χ3n) is 5.09. The summed E-state index contributed by atoms with van der Waals surface area (Å²) in [5, 5.41) is 3.38. The molecule has 0 saturated carbocycles. The summed E-state index contributed by atoms with van der Waals surface area (Å²) < 4.78 is 22.7. The van der Waals surface area contributed by atoms with Gasteiger partial charge in [0.05, 0.1) is 31.8 Å². The molecule has 0 radical (unpaired) electrons. The number of nitrogens with zero attached hydrogens (tertiary/aromatic N) is 1. The van der Waals surface area contributed by atoms with Gasteiger partial charge in [0.1, 0.15) is 6.61 Å². The molecule has 2 aromatic carbocycles. The molecule has 0 atom stereocenters. The third kappa shape index (κ3) is 6.08. The summed E-state index contributed by atoms with van der Waals surface area (Å²) in [6.07, 6.45) is 4.42. The normalized spacial score (nSPS) is 12.5. The van der Waals surface area contributed by atoms with Gasteiger partial charge in [0, 0.05) is 25.4 Å². The van der Waals surface area contributed by atoms with Crippen LogP contribution in [-0.4, -0.2) is 31.2 Å². The number of carbonyl (C=O) groups is 1. The number of halogens is 1. The lowest BCUT2D eigenvalue weighted by molar-refractivity contribution is -0.120. The summed E-state index contributed by atoms with van der Waals surface area (Å²) in [7, 11) is 1.59. The lowest BCUT2D eigenvalue weighted by Gasteiger charge is -2.13. The Hall–Kier alpha value is -3.45. The van der Waals surface area contributed by atoms with Gasteiger partial charge in [-0.3, -0.25) is 9.78 Å². The predicted octanol–water partition coefficient (Wildman–Crippen LogP) is 4.34. The maximum atomic E-state index is 12.5. The molecule has 0 unspecified atom stereocenters. The Kier molecular flexibility index (Phi) is 7.52. The van der Waals surface area contributed by atoms with Crippen LogP contribution in [0.5, 0.6) is 23.0 Å². The molecule has 0 saturated heterocycles. The first kappa shape index (κ1) is 22.7. The molecular formula is C25H25ClN2O5. The van der Waals surface area contributed by atoms with E-state index in [1.807, 2.05) is 36.4 Å². The second-order valence-electron chi connectivity index (χ2n) is 7.54. The molecule has 1 aliphatic rings. The molecule has 4 rings (SSSR count). The molecule has 0 spiro atoms. The van der Waals surface area contributed by atoms with Crippen LogP contribution in [0.25, 0.3) is 0 Å². The van der Waals surface area contributed by atoms with Crippen LogP contribution < -0.4 is 24.3 Å². The number of aromatic nitrogens is 1. The van der Waals surface area contributed by atoms with Crippen LogP contribution in [0, 0.1) is 0 Å². The van der Waals surface area contributed by atoms with E-state index in [2.05, 4.69) is 10.3 Å². The number of nitrogens with one attached hydrogen (secondary N) is 1. The van der Waals surface area contributed by atoms with Crippen LogP contribution in [0.3, 0.4) is 0 Å². The lowest BCUT2D eigenvalue weighted by Crippen LogP contribution is -2.24. The first-order valence-electron chi connectivity index (χ1n) is 10.7. The topological polar surface area (TPSA) is 78.9 Å². The van der Waals surface area contributed by atoms with Gasteiger partial charge < -0.3 is 24.3 Å². The molecule has 1 aromatic heterocycles. The van der Waals surface area contributed by atoms with Crippen LogP contribution in [-0.2, 0) is 24.4 Å². The summed E-state index contributed by atoms with van der Waals surface area (Å²) in [6, 6.07) is 12.9. The van der Waals surface area contributed by atoms with Crippen LogP contribution in [0.1, 0.15) is 23.1 Å². The van der Waals surface area contributed by atoms with Crippen molar-refractivity contribution in [3.8, 4) is 23.0 Å². The zero-order valence-electron chi connectivity index (χ0n) is 18.3. The minimum Gasteiger partial charge on any atom is -0.493 e. The molecule has 2 heterocycles. The van der Waals surface area contributed by atoms with Crippen molar-refractivity contribution in [3.63, 3.8) is 0 Å². The first-order valence-corrected chi connectivity index (χ1v) is 11.0. The zero-order valence-corrected chi connectivity index (χ0v) is 19.1. The highest BCUT2D eigenvalue weighted by atomic mass is 35.5. The molecular weight excluding hydrogens is 444 g/mol. The van der Waals surface area contributed by atoms with E-state index in [0.29, 0.717) is 54.4 Å². The molecule has 7 nitrogen and oxygen atoms in total. The Morgan fingerprint density at radius 2 is 1.85 bits per heavy atom. The molecule has 1 N–H and O–H groups in total. The fourth-order valence-electron chi connectivity index (χ4n) is 3.42. The number of carbonyl (C=O) groups excluding carboxylic acids is 1. The van der Waals surface area contributed by atoms with Gasteiger partial charge in [-0.05, 0) is 53.1 Å². The van der Waals surface area contributed by atoms with Crippen molar-refractivity contribution in [2.45, 2.75) is 26.0 Å². The Morgan fingerprint density at radius 3 is 2.67 bits per heavy atom. The van der Waals surface area contributed by atoms with Gasteiger partial charge in [-0.1, -0.05) is 17.7 Å². The van der Waals surface area contributed by atoms with Gasteiger partial charge in [-0.15, -0.1) is 0 Å². The third-order valence-corrected chi connectivity index (χ3v) is 5.37. The summed E-state index contributed by atoms with van der Waals surface area (Å²) in [6.45, 7) is 1.89. The van der Waals surface area contributed by atoms with Crippen molar-refractivity contribution in [1.82, 2.24) is 10.3 Å². The van der Waals surface area contributed by atoms with E-state index in [-0.39, 0.29) is 12.3 Å². The van der Waals surface area contributed by atoms with Crippen LogP contribution in [0.4, 0.5) is 0 Å². The van der Waals surface area contributed by atoms with Gasteiger partial charge >= 0.3 is 0 Å². The van der Waals surface area contributed by atoms with Crippen LogP contribution in [0.15, 0.2) is 54.9 Å². The largest absolute Gasteiger partial charge is 0.493 e. The van der Waals surface area contributed by atoms with Gasteiger partial charge in [0.15, 0.2) is 23.0 Å². The summed E-state index contributed by atoms with van der Waals surface area (Å²) >= 11 is 6.32. The molecule has 1 amide bonds. The molecule has 0 bridgehead atoms. The predicted molar refractivity (Wildman–Crippen MR) is 124 cm³/mol. The minimum atomic E-state index is -0.127. The molecule has 33 heavy (non-hydrogen) atoms. The Balaban J connectivity index is 1.34. The second kappa shape index (κ2) is 10.9. The number of methoxy groups -OCH3 is 1. The highest BCUT2D eigenvalue weighted by molar-refractivity contribution is 6.32. The number of hydrogen-bond acceptors (Lipinski definition) is 6. The van der Waals surface area contributed by atoms with E-state index in [1.165, 1.54) is 0 Å². The average molecular weight is 469 g/mol. The van der Waals surface area contributed by atoms with Crippen LogP contribution >= 0.6 is 11.6 Å². The quantitative estimate of drug-likeness (QED) is 0.529. The molecule has 0 fully saturated rings. The number of rotatable bonds is 8. The Bertz CT molecular complexity index is 1110. The van der Waals surface area contributed by atoms with E-state index >= 15 is 0 Å². The molecule has 3 aromatic rings. The standard InChI is InChI=1S/C25H25ClN2O5/c1-30-22-12-18(3-4-21(22)33-16-17-5-7-27-8-6-17)15-28-24(29)14-19-11-20(26)25-23(13-19)31-9-2-10-32-25/h3-8,11-13H,2,9-10,14-16H2,1H3,(H,28,29). The molecule has 8 heteroatoms. The highest BCUT2D eigenvalue weighted by Crippen LogP contribution is 2.38. The van der Waals surface area contributed by atoms with E-state index in [0.717, 1.165) is 23.1 Å². The van der Waals surface area contributed by atoms with E-state index in [9.17, 15) is 4.79 Å². The summed E-state index contributed by atoms with van der Waals surface area (Å²) in [5.41, 5.74) is 2.67. The van der Waals surface area contributed by atoms with E-state index < -0.39 is 0 Å². The summed E-state index contributed by atoms with van der Waals surface area (Å²) in [5.74, 6) is 2.22. The minimum absolute atomic E-state index is 0.127. The highest BCUT2D eigenvalue weighted by Gasteiger charge is 2.17. The number of amides is 1. The molecule has 172 valence electrons. The fourth-order valence-corrected chi connectivity index (χ4v) is 3.70. The number of fused-ring (bicyclic) bond motifs is 1. The SMILES string of the molecule is COc1cc(CNC(=O)Cc2cc(Cl)c3c(c2)OCCCO3)ccc1OCc1ccncc1.